The van der Waals surface area contributed by atoms with Gasteiger partial charge in [-0.25, -0.2) is 4.57 Å². The number of rotatable bonds is 30. The van der Waals surface area contributed by atoms with Gasteiger partial charge in [-0.1, -0.05) is 113 Å². The first-order valence-electron chi connectivity index (χ1n) is 16.3. The lowest BCUT2D eigenvalue weighted by Crippen LogP contribution is -2.29. The number of aliphatic hydroxyl groups excluding tert-OH is 2. The highest BCUT2D eigenvalue weighted by molar-refractivity contribution is 7.47. The average Bonchev–Trinajstić information content (AvgIpc) is 3.01. The monoisotopic (exact) mass is 642 g/mol. The fraction of sp³-hybridized carbons (Fsp3) is 0.676. The highest BCUT2D eigenvalue weighted by Crippen LogP contribution is 2.43. The van der Waals surface area contributed by atoms with Gasteiger partial charge in [0, 0.05) is 6.42 Å². The maximum absolute atomic E-state index is 12.4. The summed E-state index contributed by atoms with van der Waals surface area (Å²) in [5, 5.41) is 18.2. The van der Waals surface area contributed by atoms with E-state index in [1.807, 2.05) is 6.08 Å². The molecule has 0 aromatic carbocycles. The predicted molar refractivity (Wildman–Crippen MR) is 177 cm³/mol. The molecule has 0 aromatic heterocycles. The first-order chi connectivity index (χ1) is 21.3. The highest BCUT2D eigenvalue weighted by atomic mass is 31.2. The Kier molecular flexibility index (Phi) is 29.9. The SMILES string of the molecule is CC/C=C\C/C=C\C/C=C\C/C=C\C/C=C\CCOCC(COP(=O)(O)OCC(O)CO)OC(=O)CCCCCCCCC. The van der Waals surface area contributed by atoms with Crippen LogP contribution in [0.3, 0.4) is 0 Å². The molecule has 0 heterocycles. The molecular weight excluding hydrogens is 583 g/mol. The zero-order valence-corrected chi connectivity index (χ0v) is 28.0. The summed E-state index contributed by atoms with van der Waals surface area (Å²) >= 11 is 0. The first kappa shape index (κ1) is 42.2. The lowest BCUT2D eigenvalue weighted by Gasteiger charge is -2.20. The Hall–Kier alpha value is -1.84. The summed E-state index contributed by atoms with van der Waals surface area (Å²) in [6.45, 7) is 3.07. The molecular formula is C34H59O9P. The number of carbonyl (C=O) groups excluding carboxylic acids is 1. The van der Waals surface area contributed by atoms with E-state index < -0.39 is 45.8 Å². The number of ether oxygens (including phenoxy) is 2. The molecule has 0 radical (unpaired) electrons. The van der Waals surface area contributed by atoms with Crippen LogP contribution in [0.25, 0.3) is 0 Å². The van der Waals surface area contributed by atoms with Gasteiger partial charge in [-0.15, -0.1) is 0 Å². The van der Waals surface area contributed by atoms with Crippen molar-refractivity contribution < 1.29 is 43.0 Å². The lowest BCUT2D eigenvalue weighted by atomic mass is 10.1. The molecule has 3 unspecified atom stereocenters. The topological polar surface area (TPSA) is 132 Å². The van der Waals surface area contributed by atoms with E-state index in [9.17, 15) is 19.4 Å². The second-order valence-electron chi connectivity index (χ2n) is 10.5. The molecule has 0 rings (SSSR count). The van der Waals surface area contributed by atoms with Crippen LogP contribution in [0.1, 0.15) is 104 Å². The largest absolute Gasteiger partial charge is 0.472 e. The van der Waals surface area contributed by atoms with E-state index in [2.05, 4.69) is 73.1 Å². The van der Waals surface area contributed by atoms with Gasteiger partial charge >= 0.3 is 13.8 Å². The average molecular weight is 643 g/mol. The fourth-order valence-electron chi connectivity index (χ4n) is 3.77. The highest BCUT2D eigenvalue weighted by Gasteiger charge is 2.26. The zero-order valence-electron chi connectivity index (χ0n) is 27.1. The Morgan fingerprint density at radius 1 is 0.727 bits per heavy atom. The molecule has 254 valence electrons. The van der Waals surface area contributed by atoms with Crippen LogP contribution in [0, 0.1) is 0 Å². The van der Waals surface area contributed by atoms with E-state index in [0.29, 0.717) is 19.4 Å². The number of esters is 1. The minimum absolute atomic E-state index is 0.00721. The summed E-state index contributed by atoms with van der Waals surface area (Å²) < 4.78 is 32.8. The molecule has 44 heavy (non-hydrogen) atoms. The van der Waals surface area contributed by atoms with E-state index in [1.165, 1.54) is 19.3 Å². The van der Waals surface area contributed by atoms with Crippen molar-refractivity contribution in [2.24, 2.45) is 0 Å². The van der Waals surface area contributed by atoms with E-state index >= 15 is 0 Å². The van der Waals surface area contributed by atoms with Crippen LogP contribution in [0.4, 0.5) is 0 Å². The Bertz CT molecular complexity index is 867. The molecule has 0 aliphatic heterocycles. The van der Waals surface area contributed by atoms with Crippen LogP contribution in [0.2, 0.25) is 0 Å². The summed E-state index contributed by atoms with van der Waals surface area (Å²) in [5.74, 6) is -0.419. The molecule has 0 saturated heterocycles. The van der Waals surface area contributed by atoms with Crippen LogP contribution in [0.5, 0.6) is 0 Å². The second-order valence-corrected chi connectivity index (χ2v) is 11.9. The quantitative estimate of drug-likeness (QED) is 0.0312. The molecule has 0 bridgehead atoms. The van der Waals surface area contributed by atoms with Crippen molar-refractivity contribution in [1.82, 2.24) is 0 Å². The number of allylic oxidation sites excluding steroid dienone is 9. The predicted octanol–water partition coefficient (Wildman–Crippen LogP) is 7.68. The number of hydrogen-bond donors (Lipinski definition) is 3. The van der Waals surface area contributed by atoms with E-state index in [1.54, 1.807) is 0 Å². The molecule has 10 heteroatoms. The maximum Gasteiger partial charge on any atom is 0.472 e. The van der Waals surface area contributed by atoms with Crippen molar-refractivity contribution in [3.63, 3.8) is 0 Å². The number of phosphoric acid groups is 1. The third-order valence-electron chi connectivity index (χ3n) is 6.24. The molecule has 0 fully saturated rings. The maximum atomic E-state index is 12.4. The van der Waals surface area contributed by atoms with Crippen molar-refractivity contribution in [3.8, 4) is 0 Å². The van der Waals surface area contributed by atoms with Crippen LogP contribution >= 0.6 is 7.82 Å². The van der Waals surface area contributed by atoms with Gasteiger partial charge in [0.15, 0.2) is 0 Å². The fourth-order valence-corrected chi connectivity index (χ4v) is 4.56. The number of aliphatic hydroxyl groups is 2. The summed E-state index contributed by atoms with van der Waals surface area (Å²) in [6.07, 6.45) is 32.3. The van der Waals surface area contributed by atoms with Gasteiger partial charge in [0.25, 0.3) is 0 Å². The standard InChI is InChI=1S/C34H59O9P/c1-3-5-7-9-11-12-13-14-15-16-17-18-19-21-23-25-27-40-30-33(31-42-44(38,39)41-29-32(36)28-35)43-34(37)26-24-22-20-10-8-6-4-2/h5,7,11-12,14-15,17-18,21,23,32-33,35-36H,3-4,6,8-10,13,16,19-20,22,24-31H2,1-2H3,(H,38,39)/b7-5-,12-11-,15-14-,18-17-,23-21-. The molecule has 3 N–H and O–H groups in total. The number of unbranched alkanes of at least 4 members (excludes halogenated alkanes) is 6. The van der Waals surface area contributed by atoms with Crippen molar-refractivity contribution in [3.05, 3.63) is 60.8 Å². The zero-order chi connectivity index (χ0) is 32.6. The Morgan fingerprint density at radius 3 is 1.82 bits per heavy atom. The van der Waals surface area contributed by atoms with Crippen molar-refractivity contribution in [1.29, 1.82) is 0 Å². The van der Waals surface area contributed by atoms with Gasteiger partial charge in [0.05, 0.1) is 33.0 Å². The van der Waals surface area contributed by atoms with Gasteiger partial charge in [0.2, 0.25) is 0 Å². The van der Waals surface area contributed by atoms with Gasteiger partial charge in [0.1, 0.15) is 12.2 Å². The van der Waals surface area contributed by atoms with Crippen molar-refractivity contribution in [2.75, 3.05) is 33.0 Å². The summed E-state index contributed by atoms with van der Waals surface area (Å²) in [4.78, 5) is 22.2. The van der Waals surface area contributed by atoms with E-state index in [-0.39, 0.29) is 13.0 Å². The normalized spacial score (nSPS) is 15.3. The lowest BCUT2D eigenvalue weighted by molar-refractivity contribution is -0.154. The number of phosphoric ester groups is 1. The molecule has 0 aromatic rings. The van der Waals surface area contributed by atoms with E-state index in [0.717, 1.165) is 51.4 Å². The molecule has 3 atom stereocenters. The molecule has 0 aliphatic rings. The van der Waals surface area contributed by atoms with Gasteiger partial charge in [-0.2, -0.15) is 0 Å². The Morgan fingerprint density at radius 2 is 1.25 bits per heavy atom. The van der Waals surface area contributed by atoms with Crippen LogP contribution in [0.15, 0.2) is 60.8 Å². The first-order valence-corrected chi connectivity index (χ1v) is 17.8. The minimum atomic E-state index is -4.52. The van der Waals surface area contributed by atoms with E-state index in [4.69, 9.17) is 19.1 Å². The minimum Gasteiger partial charge on any atom is -0.457 e. The molecule has 0 amide bonds. The van der Waals surface area contributed by atoms with Gasteiger partial charge in [-0.05, 0) is 44.9 Å². The smallest absolute Gasteiger partial charge is 0.457 e. The summed E-state index contributed by atoms with van der Waals surface area (Å²) in [6, 6.07) is 0. The van der Waals surface area contributed by atoms with Gasteiger partial charge < -0.3 is 24.6 Å². The number of hydrogen-bond acceptors (Lipinski definition) is 8. The Balaban J connectivity index is 4.40. The Labute approximate surface area is 266 Å². The molecule has 0 spiro atoms. The number of carbonyl (C=O) groups is 1. The van der Waals surface area contributed by atoms with Crippen LogP contribution in [-0.4, -0.2) is 66.3 Å². The molecule has 0 saturated carbocycles. The van der Waals surface area contributed by atoms with Crippen LogP contribution < -0.4 is 0 Å². The van der Waals surface area contributed by atoms with Gasteiger partial charge in [-0.3, -0.25) is 13.8 Å². The third-order valence-corrected chi connectivity index (χ3v) is 7.19. The molecule has 0 aliphatic carbocycles. The molecule has 9 nitrogen and oxygen atoms in total. The van der Waals surface area contributed by atoms with Crippen molar-refractivity contribution in [2.45, 2.75) is 116 Å². The summed E-state index contributed by atoms with van der Waals surface area (Å²) in [5.41, 5.74) is 0. The van der Waals surface area contributed by atoms with Crippen LogP contribution in [-0.2, 0) is 27.9 Å². The summed E-state index contributed by atoms with van der Waals surface area (Å²) in [7, 11) is -4.52. The van der Waals surface area contributed by atoms with Crippen molar-refractivity contribution >= 4 is 13.8 Å². The third kappa shape index (κ3) is 30.2. The second kappa shape index (κ2) is 31.2.